The third kappa shape index (κ3) is 3.53. The van der Waals surface area contributed by atoms with Gasteiger partial charge in [-0.1, -0.05) is 36.4 Å². The number of aromatic nitrogens is 3. The average molecular weight is 651 g/mol. The maximum atomic E-state index is 5.48. The van der Waals surface area contributed by atoms with Gasteiger partial charge in [0.05, 0.1) is 28.9 Å². The topological polar surface area (TPSA) is 33.4 Å². The Hall–Kier alpha value is -4.44. The molecule has 8 bridgehead atoms. The van der Waals surface area contributed by atoms with Crippen LogP contribution < -0.4 is 4.90 Å². The number of hydrogen-bond acceptors (Lipinski definition) is 3. The van der Waals surface area contributed by atoms with Crippen molar-refractivity contribution in [2.75, 3.05) is 4.90 Å². The van der Waals surface area contributed by atoms with Gasteiger partial charge in [-0.05, 0) is 147 Å². The molecule has 0 saturated heterocycles. The van der Waals surface area contributed by atoms with Gasteiger partial charge in [-0.2, -0.15) is 0 Å². The maximum absolute atomic E-state index is 5.48. The molecule has 246 valence electrons. The zero-order valence-electron chi connectivity index (χ0n) is 28.6. The first-order valence-electron chi connectivity index (χ1n) is 19.7. The van der Waals surface area contributed by atoms with Crippen molar-refractivity contribution in [1.29, 1.82) is 0 Å². The van der Waals surface area contributed by atoms with Gasteiger partial charge in [0.2, 0.25) is 0 Å². The molecule has 4 unspecified atom stereocenters. The largest absolute Gasteiger partial charge is 0.310 e. The Bertz CT molecular complexity index is 2320. The Morgan fingerprint density at radius 1 is 0.480 bits per heavy atom. The van der Waals surface area contributed by atoms with E-state index in [9.17, 15) is 0 Å². The first-order valence-corrected chi connectivity index (χ1v) is 19.7. The van der Waals surface area contributed by atoms with Gasteiger partial charge in [-0.3, -0.25) is 9.97 Å². The van der Waals surface area contributed by atoms with Crippen LogP contribution in [0.1, 0.15) is 110 Å². The molecule has 3 aromatic carbocycles. The first kappa shape index (κ1) is 27.3. The van der Waals surface area contributed by atoms with E-state index < -0.39 is 0 Å². The van der Waals surface area contributed by atoms with Crippen LogP contribution in [-0.4, -0.2) is 14.4 Å². The number of hydrogen-bond donors (Lipinski definition) is 0. The molecule has 4 nitrogen and oxygen atoms in total. The van der Waals surface area contributed by atoms with Crippen LogP contribution in [0.15, 0.2) is 85.2 Å². The van der Waals surface area contributed by atoms with Crippen molar-refractivity contribution < 1.29 is 0 Å². The summed E-state index contributed by atoms with van der Waals surface area (Å²) in [5.74, 6) is 5.96. The summed E-state index contributed by atoms with van der Waals surface area (Å²) in [4.78, 5) is 13.5. The van der Waals surface area contributed by atoms with Gasteiger partial charge in [0.15, 0.2) is 0 Å². The molecule has 4 aromatic heterocycles. The Morgan fingerprint density at radius 2 is 0.900 bits per heavy atom. The summed E-state index contributed by atoms with van der Waals surface area (Å²) >= 11 is 0. The number of pyridine rings is 2. The van der Waals surface area contributed by atoms with Crippen LogP contribution in [0.25, 0.3) is 38.1 Å². The highest BCUT2D eigenvalue weighted by atomic mass is 15.1. The molecule has 8 aliphatic carbocycles. The van der Waals surface area contributed by atoms with E-state index in [0.29, 0.717) is 23.7 Å². The molecule has 4 fully saturated rings. The van der Waals surface area contributed by atoms with Crippen LogP contribution in [0, 0.1) is 23.7 Å². The van der Waals surface area contributed by atoms with E-state index in [0.717, 1.165) is 23.7 Å². The molecule has 4 heterocycles. The summed E-state index contributed by atoms with van der Waals surface area (Å²) < 4.78 is 2.63. The molecule has 7 aromatic rings. The fourth-order valence-electron chi connectivity index (χ4n) is 13.4. The fourth-order valence-corrected chi connectivity index (χ4v) is 13.4. The third-order valence-corrected chi connectivity index (χ3v) is 14.7. The van der Waals surface area contributed by atoms with Crippen LogP contribution >= 0.6 is 0 Å². The number of fused-ring (bicyclic) bond motifs is 6. The molecule has 4 atom stereocenters. The molecule has 50 heavy (non-hydrogen) atoms. The molecule has 0 radical (unpaired) electrons. The summed E-state index contributed by atoms with van der Waals surface area (Å²) in [6.07, 6.45) is 18.2. The predicted octanol–water partition coefficient (Wildman–Crippen LogP) is 11.9. The Balaban J connectivity index is 1.19. The number of anilines is 3. The van der Waals surface area contributed by atoms with E-state index in [2.05, 4.69) is 94.5 Å². The van der Waals surface area contributed by atoms with Crippen molar-refractivity contribution in [1.82, 2.24) is 14.4 Å². The molecule has 4 saturated carbocycles. The average Bonchev–Trinajstić information content (AvgIpc) is 3.51. The summed E-state index contributed by atoms with van der Waals surface area (Å²) in [5.41, 5.74) is 13.8. The van der Waals surface area contributed by atoms with Gasteiger partial charge in [0, 0.05) is 61.8 Å². The van der Waals surface area contributed by atoms with E-state index in [4.69, 9.17) is 9.97 Å². The summed E-state index contributed by atoms with van der Waals surface area (Å²) in [5, 5.41) is 5.84. The van der Waals surface area contributed by atoms with Crippen molar-refractivity contribution in [2.45, 2.75) is 87.9 Å². The minimum absolute atomic E-state index is 0.621. The van der Waals surface area contributed by atoms with Crippen molar-refractivity contribution >= 4 is 55.2 Å². The zero-order valence-corrected chi connectivity index (χ0v) is 28.6. The molecule has 0 N–H and O–H groups in total. The number of rotatable bonds is 3. The second kappa shape index (κ2) is 9.66. The minimum Gasteiger partial charge on any atom is -0.310 e. The van der Waals surface area contributed by atoms with Crippen LogP contribution in [0.3, 0.4) is 0 Å². The van der Waals surface area contributed by atoms with E-state index in [1.54, 1.807) is 11.1 Å². The number of benzene rings is 3. The SMILES string of the molecule is c1ccc(N(c2ccccc2)c2cc3c4c5c(ncc4n4c6cnc7c(c6c(c2)c34)C2CC3CC(CC7C3)C2)C2CC3CC(C2)CC5C3)cc1. The quantitative estimate of drug-likeness (QED) is 0.191. The number of para-hydroxylation sites is 2. The maximum Gasteiger partial charge on any atom is 0.0728 e. The second-order valence-electron chi connectivity index (χ2n) is 17.5. The molecule has 0 aliphatic heterocycles. The number of nitrogens with zero attached hydrogens (tertiary/aromatic N) is 4. The lowest BCUT2D eigenvalue weighted by Crippen LogP contribution is -2.25. The van der Waals surface area contributed by atoms with Crippen LogP contribution in [0.5, 0.6) is 0 Å². The lowest BCUT2D eigenvalue weighted by Gasteiger charge is -2.38. The molecule has 0 amide bonds. The van der Waals surface area contributed by atoms with Crippen molar-refractivity contribution in [3.63, 3.8) is 0 Å². The molecule has 15 rings (SSSR count). The van der Waals surface area contributed by atoms with Crippen LogP contribution in [0.2, 0.25) is 0 Å². The highest BCUT2D eigenvalue weighted by molar-refractivity contribution is 6.26. The monoisotopic (exact) mass is 650 g/mol. The minimum atomic E-state index is 0.621. The Labute approximate surface area is 292 Å². The second-order valence-corrected chi connectivity index (χ2v) is 17.5. The molecular formula is C46H42N4. The molecule has 4 heteroatoms. The summed E-state index contributed by atoms with van der Waals surface area (Å²) in [7, 11) is 0. The van der Waals surface area contributed by atoms with Crippen molar-refractivity contribution in [3.05, 3.63) is 108 Å². The van der Waals surface area contributed by atoms with Gasteiger partial charge < -0.3 is 9.30 Å². The molecule has 8 aliphatic rings. The standard InChI is InChI=1S/C46H42N4/c1-3-7-33(8-4-1)49(34-9-5-2-6-10-34)35-21-36-42-38(23-47-44-31-17-25-11-26(18-31)14-29(13-25)40(42)44)50-39-24-48-45-32-19-27-12-28(20-32)16-30(15-27)41(45)43(39)37(22-35)46(36)50/h1-10,21-32H,11-20H2. The zero-order chi connectivity index (χ0) is 32.2. The van der Waals surface area contributed by atoms with E-state index >= 15 is 0 Å². The van der Waals surface area contributed by atoms with E-state index in [-0.39, 0.29) is 0 Å². The lowest BCUT2D eigenvalue weighted by molar-refractivity contribution is 0.165. The first-order chi connectivity index (χ1) is 24.7. The van der Waals surface area contributed by atoms with Gasteiger partial charge in [-0.25, -0.2) is 0 Å². The van der Waals surface area contributed by atoms with E-state index in [1.165, 1.54) is 131 Å². The Kier molecular flexibility index (Phi) is 5.27. The highest BCUT2D eigenvalue weighted by Crippen LogP contribution is 2.60. The van der Waals surface area contributed by atoms with Gasteiger partial charge in [-0.15, -0.1) is 0 Å². The molecular weight excluding hydrogens is 609 g/mol. The van der Waals surface area contributed by atoms with Gasteiger partial charge in [0.1, 0.15) is 0 Å². The summed E-state index contributed by atoms with van der Waals surface area (Å²) in [6, 6.07) is 27.2. The highest BCUT2D eigenvalue weighted by Gasteiger charge is 2.46. The molecule has 0 spiro atoms. The van der Waals surface area contributed by atoms with Gasteiger partial charge in [0.25, 0.3) is 0 Å². The fraction of sp³-hybridized carbons (Fsp3) is 0.391. The lowest BCUT2D eigenvalue weighted by atomic mass is 9.67. The van der Waals surface area contributed by atoms with Crippen LogP contribution in [0.4, 0.5) is 17.1 Å². The van der Waals surface area contributed by atoms with E-state index in [1.807, 2.05) is 0 Å². The Morgan fingerprint density at radius 3 is 1.34 bits per heavy atom. The van der Waals surface area contributed by atoms with Crippen molar-refractivity contribution in [2.24, 2.45) is 23.7 Å². The summed E-state index contributed by atoms with van der Waals surface area (Å²) in [6.45, 7) is 0. The predicted molar refractivity (Wildman–Crippen MR) is 202 cm³/mol. The smallest absolute Gasteiger partial charge is 0.0728 e. The van der Waals surface area contributed by atoms with Crippen LogP contribution in [-0.2, 0) is 0 Å². The normalized spacial score (nSPS) is 30.4. The van der Waals surface area contributed by atoms with Crippen molar-refractivity contribution in [3.8, 4) is 0 Å². The van der Waals surface area contributed by atoms with Gasteiger partial charge >= 0.3 is 0 Å². The third-order valence-electron chi connectivity index (χ3n) is 14.7.